The third-order valence-electron chi connectivity index (χ3n) is 2.19. The number of hydrogen-bond acceptors (Lipinski definition) is 2. The maximum atomic E-state index is 5.62. The van der Waals surface area contributed by atoms with Crippen molar-refractivity contribution in [2.75, 3.05) is 7.11 Å². The second-order valence-corrected chi connectivity index (χ2v) is 3.43. The average Bonchev–Trinajstić information content (AvgIpc) is 2.16. The number of halogens is 1. The molecule has 0 heterocycles. The summed E-state index contributed by atoms with van der Waals surface area (Å²) in [6.45, 7) is 4.87. The summed E-state index contributed by atoms with van der Waals surface area (Å²) in [6.07, 6.45) is 0. The number of ether oxygens (including phenoxy) is 1. The first-order valence-electron chi connectivity index (χ1n) is 4.56. The van der Waals surface area contributed by atoms with Crippen molar-refractivity contribution < 1.29 is 4.74 Å². The first kappa shape index (κ1) is 13.3. The van der Waals surface area contributed by atoms with E-state index in [1.165, 1.54) is 5.56 Å². The highest BCUT2D eigenvalue weighted by Gasteiger charge is 2.04. The van der Waals surface area contributed by atoms with Crippen LogP contribution in [-0.2, 0) is 6.54 Å². The molecule has 0 atom stereocenters. The van der Waals surface area contributed by atoms with E-state index in [1.807, 2.05) is 6.07 Å². The molecular formula is C11H18ClNO. The number of rotatable bonds is 3. The van der Waals surface area contributed by atoms with Crippen molar-refractivity contribution in [1.29, 1.82) is 0 Å². The summed E-state index contributed by atoms with van der Waals surface area (Å²) in [5.41, 5.74) is 8.00. The van der Waals surface area contributed by atoms with Crippen LogP contribution in [0.15, 0.2) is 18.2 Å². The van der Waals surface area contributed by atoms with Gasteiger partial charge in [-0.25, -0.2) is 0 Å². The zero-order valence-electron chi connectivity index (χ0n) is 8.91. The van der Waals surface area contributed by atoms with E-state index in [-0.39, 0.29) is 12.4 Å². The van der Waals surface area contributed by atoms with Gasteiger partial charge in [0.1, 0.15) is 5.75 Å². The molecule has 1 aromatic rings. The molecule has 1 rings (SSSR count). The van der Waals surface area contributed by atoms with Crippen LogP contribution < -0.4 is 10.5 Å². The van der Waals surface area contributed by atoms with Crippen molar-refractivity contribution in [3.63, 3.8) is 0 Å². The summed E-state index contributed by atoms with van der Waals surface area (Å²) in [5, 5.41) is 0. The lowest BCUT2D eigenvalue weighted by atomic mass is 10.0. The molecule has 0 unspecified atom stereocenters. The van der Waals surface area contributed by atoms with Crippen LogP contribution in [0.4, 0.5) is 0 Å². The molecule has 0 radical (unpaired) electrons. The van der Waals surface area contributed by atoms with Crippen molar-refractivity contribution in [2.45, 2.75) is 26.3 Å². The first-order chi connectivity index (χ1) is 6.19. The SMILES string of the molecule is COc1ccc(C(C)C)cc1CN.Cl. The van der Waals surface area contributed by atoms with Gasteiger partial charge in [0, 0.05) is 12.1 Å². The number of methoxy groups -OCH3 is 1. The molecule has 0 amide bonds. The van der Waals surface area contributed by atoms with E-state index in [1.54, 1.807) is 7.11 Å². The number of hydrogen-bond donors (Lipinski definition) is 1. The molecule has 0 aromatic heterocycles. The normalized spacial score (nSPS) is 9.79. The molecule has 0 aliphatic carbocycles. The quantitative estimate of drug-likeness (QED) is 0.842. The fourth-order valence-corrected chi connectivity index (χ4v) is 1.32. The summed E-state index contributed by atoms with van der Waals surface area (Å²) in [6, 6.07) is 6.18. The van der Waals surface area contributed by atoms with E-state index in [0.717, 1.165) is 11.3 Å². The predicted molar refractivity (Wildman–Crippen MR) is 62.2 cm³/mol. The fraction of sp³-hybridized carbons (Fsp3) is 0.455. The molecule has 2 N–H and O–H groups in total. The third kappa shape index (κ3) is 2.89. The summed E-state index contributed by atoms with van der Waals surface area (Å²) >= 11 is 0. The Kier molecular flexibility index (Phi) is 5.58. The Morgan fingerprint density at radius 1 is 1.36 bits per heavy atom. The van der Waals surface area contributed by atoms with Crippen molar-refractivity contribution >= 4 is 12.4 Å². The Morgan fingerprint density at radius 3 is 2.43 bits per heavy atom. The minimum atomic E-state index is 0. The van der Waals surface area contributed by atoms with Gasteiger partial charge in [-0.1, -0.05) is 26.0 Å². The number of nitrogens with two attached hydrogens (primary N) is 1. The van der Waals surface area contributed by atoms with Crippen LogP contribution in [0.3, 0.4) is 0 Å². The van der Waals surface area contributed by atoms with Crippen LogP contribution in [0, 0.1) is 0 Å². The maximum Gasteiger partial charge on any atom is 0.123 e. The second kappa shape index (κ2) is 5.89. The zero-order chi connectivity index (χ0) is 9.84. The topological polar surface area (TPSA) is 35.2 Å². The van der Waals surface area contributed by atoms with Crippen molar-refractivity contribution in [3.8, 4) is 5.75 Å². The molecule has 0 spiro atoms. The molecule has 0 aliphatic heterocycles. The van der Waals surface area contributed by atoms with Gasteiger partial charge in [0.05, 0.1) is 7.11 Å². The monoisotopic (exact) mass is 215 g/mol. The Morgan fingerprint density at radius 2 is 2.00 bits per heavy atom. The molecule has 1 aromatic carbocycles. The van der Waals surface area contributed by atoms with Gasteiger partial charge in [-0.3, -0.25) is 0 Å². The highest BCUT2D eigenvalue weighted by Crippen LogP contribution is 2.23. The van der Waals surface area contributed by atoms with Crippen LogP contribution in [-0.4, -0.2) is 7.11 Å². The number of benzene rings is 1. The molecular weight excluding hydrogens is 198 g/mol. The van der Waals surface area contributed by atoms with E-state index in [4.69, 9.17) is 10.5 Å². The van der Waals surface area contributed by atoms with Gasteiger partial charge >= 0.3 is 0 Å². The average molecular weight is 216 g/mol. The van der Waals surface area contributed by atoms with Gasteiger partial charge < -0.3 is 10.5 Å². The highest BCUT2D eigenvalue weighted by atomic mass is 35.5. The van der Waals surface area contributed by atoms with Crippen LogP contribution in [0.5, 0.6) is 5.75 Å². The minimum Gasteiger partial charge on any atom is -0.496 e. The molecule has 14 heavy (non-hydrogen) atoms. The van der Waals surface area contributed by atoms with E-state index < -0.39 is 0 Å². The van der Waals surface area contributed by atoms with Gasteiger partial charge in [-0.15, -0.1) is 12.4 Å². The lowest BCUT2D eigenvalue weighted by molar-refractivity contribution is 0.409. The molecule has 0 bridgehead atoms. The van der Waals surface area contributed by atoms with Gasteiger partial charge in [-0.05, 0) is 17.5 Å². The van der Waals surface area contributed by atoms with Crippen LogP contribution >= 0.6 is 12.4 Å². The minimum absolute atomic E-state index is 0. The van der Waals surface area contributed by atoms with Crippen molar-refractivity contribution in [2.24, 2.45) is 5.73 Å². The van der Waals surface area contributed by atoms with Crippen LogP contribution in [0.25, 0.3) is 0 Å². The van der Waals surface area contributed by atoms with Gasteiger partial charge in [-0.2, -0.15) is 0 Å². The zero-order valence-corrected chi connectivity index (χ0v) is 9.73. The Hall–Kier alpha value is -0.730. The first-order valence-corrected chi connectivity index (χ1v) is 4.56. The van der Waals surface area contributed by atoms with E-state index >= 15 is 0 Å². The van der Waals surface area contributed by atoms with Crippen LogP contribution in [0.1, 0.15) is 30.9 Å². The van der Waals surface area contributed by atoms with Gasteiger partial charge in [0.25, 0.3) is 0 Å². The van der Waals surface area contributed by atoms with E-state index in [2.05, 4.69) is 26.0 Å². The molecule has 3 heteroatoms. The standard InChI is InChI=1S/C11H17NO.ClH/c1-8(2)9-4-5-11(13-3)10(6-9)7-12;/h4-6,8H,7,12H2,1-3H3;1H. The summed E-state index contributed by atoms with van der Waals surface area (Å²) in [4.78, 5) is 0. The Labute approximate surface area is 91.9 Å². The predicted octanol–water partition coefficient (Wildman–Crippen LogP) is 2.70. The third-order valence-corrected chi connectivity index (χ3v) is 2.19. The largest absolute Gasteiger partial charge is 0.496 e. The van der Waals surface area contributed by atoms with E-state index in [9.17, 15) is 0 Å². The maximum absolute atomic E-state index is 5.62. The van der Waals surface area contributed by atoms with Crippen molar-refractivity contribution in [1.82, 2.24) is 0 Å². The summed E-state index contributed by atoms with van der Waals surface area (Å²) < 4.78 is 5.19. The van der Waals surface area contributed by atoms with Gasteiger partial charge in [0.15, 0.2) is 0 Å². The molecule has 0 fully saturated rings. The lowest BCUT2D eigenvalue weighted by Gasteiger charge is -2.11. The van der Waals surface area contributed by atoms with E-state index in [0.29, 0.717) is 12.5 Å². The lowest BCUT2D eigenvalue weighted by Crippen LogP contribution is -2.01. The second-order valence-electron chi connectivity index (χ2n) is 3.43. The molecule has 0 saturated heterocycles. The smallest absolute Gasteiger partial charge is 0.123 e. The molecule has 80 valence electrons. The van der Waals surface area contributed by atoms with Gasteiger partial charge in [0.2, 0.25) is 0 Å². The molecule has 2 nitrogen and oxygen atoms in total. The highest BCUT2D eigenvalue weighted by molar-refractivity contribution is 5.85. The summed E-state index contributed by atoms with van der Waals surface area (Å²) in [7, 11) is 1.67. The Balaban J connectivity index is 0.00000169. The summed E-state index contributed by atoms with van der Waals surface area (Å²) in [5.74, 6) is 1.42. The van der Waals surface area contributed by atoms with Crippen molar-refractivity contribution in [3.05, 3.63) is 29.3 Å². The van der Waals surface area contributed by atoms with Crippen LogP contribution in [0.2, 0.25) is 0 Å². The fourth-order valence-electron chi connectivity index (χ4n) is 1.32. The Bertz CT molecular complexity index is 287. The molecule has 0 aliphatic rings. The molecule has 0 saturated carbocycles.